The van der Waals surface area contributed by atoms with Gasteiger partial charge in [-0.25, -0.2) is 9.31 Å². The Hall–Kier alpha value is -2.89. The molecule has 0 radical (unpaired) electrons. The fraction of sp³-hybridized carbons (Fsp3) is 0.133. The van der Waals surface area contributed by atoms with Crippen molar-refractivity contribution in [2.45, 2.75) is 6.54 Å². The molecule has 6 nitrogen and oxygen atoms in total. The molecule has 21 heavy (non-hydrogen) atoms. The predicted molar refractivity (Wildman–Crippen MR) is 76.3 cm³/mol. The van der Waals surface area contributed by atoms with Gasteiger partial charge in [0.15, 0.2) is 0 Å². The number of esters is 1. The lowest BCUT2D eigenvalue weighted by Crippen LogP contribution is -2.21. The van der Waals surface area contributed by atoms with E-state index in [0.717, 1.165) is 5.56 Å². The van der Waals surface area contributed by atoms with Crippen molar-refractivity contribution < 1.29 is 9.53 Å². The molecule has 3 rings (SSSR count). The van der Waals surface area contributed by atoms with Crippen molar-refractivity contribution in [3.05, 3.63) is 70.4 Å². The summed E-state index contributed by atoms with van der Waals surface area (Å²) in [4.78, 5) is 23.6. The van der Waals surface area contributed by atoms with Gasteiger partial charge in [-0.3, -0.25) is 4.79 Å². The Balaban J connectivity index is 1.90. The highest BCUT2D eigenvalue weighted by atomic mass is 16.5. The standard InChI is InChI=1S/C15H13N3O3/c1-21-15(20)12-4-2-11(3-5-12)10-17-8-9-18-13(14(17)19)6-7-16-18/h2-9H,10H2,1H3. The molecule has 0 aliphatic rings. The molecule has 0 aliphatic carbocycles. The van der Waals surface area contributed by atoms with Crippen LogP contribution in [0.2, 0.25) is 0 Å². The second-order valence-corrected chi connectivity index (χ2v) is 4.58. The van der Waals surface area contributed by atoms with Crippen LogP contribution in [0.4, 0.5) is 0 Å². The van der Waals surface area contributed by atoms with Crippen molar-refractivity contribution in [1.29, 1.82) is 0 Å². The van der Waals surface area contributed by atoms with E-state index in [9.17, 15) is 9.59 Å². The summed E-state index contributed by atoms with van der Waals surface area (Å²) in [5, 5.41) is 4.02. The number of methoxy groups -OCH3 is 1. The van der Waals surface area contributed by atoms with E-state index in [1.165, 1.54) is 7.11 Å². The first kappa shape index (κ1) is 13.1. The van der Waals surface area contributed by atoms with Gasteiger partial charge in [-0.15, -0.1) is 0 Å². The molecular formula is C15H13N3O3. The molecule has 0 N–H and O–H groups in total. The minimum absolute atomic E-state index is 0.105. The monoisotopic (exact) mass is 283 g/mol. The maximum atomic E-state index is 12.2. The van der Waals surface area contributed by atoms with Crippen LogP contribution < -0.4 is 5.56 Å². The molecular weight excluding hydrogens is 270 g/mol. The van der Waals surface area contributed by atoms with Gasteiger partial charge in [0.25, 0.3) is 5.56 Å². The van der Waals surface area contributed by atoms with Gasteiger partial charge in [-0.1, -0.05) is 12.1 Å². The van der Waals surface area contributed by atoms with Crippen molar-refractivity contribution >= 4 is 11.5 Å². The zero-order valence-corrected chi connectivity index (χ0v) is 11.4. The Labute approximate surface area is 120 Å². The quantitative estimate of drug-likeness (QED) is 0.680. The van der Waals surface area contributed by atoms with Crippen LogP contribution in [-0.4, -0.2) is 27.3 Å². The summed E-state index contributed by atoms with van der Waals surface area (Å²) in [6, 6.07) is 8.66. The molecule has 106 valence electrons. The zero-order valence-electron chi connectivity index (χ0n) is 11.4. The highest BCUT2D eigenvalue weighted by molar-refractivity contribution is 5.89. The van der Waals surface area contributed by atoms with Crippen LogP contribution in [0.25, 0.3) is 5.52 Å². The molecule has 0 spiro atoms. The van der Waals surface area contributed by atoms with Gasteiger partial charge in [0, 0.05) is 12.4 Å². The molecule has 6 heteroatoms. The normalized spacial score (nSPS) is 10.7. The number of nitrogens with zero attached hydrogens (tertiary/aromatic N) is 3. The van der Waals surface area contributed by atoms with Crippen molar-refractivity contribution in [3.63, 3.8) is 0 Å². The molecule has 0 fully saturated rings. The lowest BCUT2D eigenvalue weighted by Gasteiger charge is -2.07. The molecule has 0 aliphatic heterocycles. The van der Waals surface area contributed by atoms with E-state index in [0.29, 0.717) is 17.6 Å². The van der Waals surface area contributed by atoms with E-state index in [1.54, 1.807) is 58.0 Å². The van der Waals surface area contributed by atoms with Crippen molar-refractivity contribution in [3.8, 4) is 0 Å². The number of aromatic nitrogens is 3. The minimum Gasteiger partial charge on any atom is -0.465 e. The second kappa shape index (κ2) is 5.24. The summed E-state index contributed by atoms with van der Waals surface area (Å²) in [5.41, 5.74) is 1.84. The maximum Gasteiger partial charge on any atom is 0.337 e. The van der Waals surface area contributed by atoms with Crippen LogP contribution in [0, 0.1) is 0 Å². The van der Waals surface area contributed by atoms with Crippen molar-refractivity contribution in [2.24, 2.45) is 0 Å². The Bertz CT molecular complexity index is 846. The number of benzene rings is 1. The topological polar surface area (TPSA) is 65.6 Å². The van der Waals surface area contributed by atoms with Crippen molar-refractivity contribution in [1.82, 2.24) is 14.2 Å². The molecule has 0 saturated heterocycles. The first-order valence-corrected chi connectivity index (χ1v) is 6.39. The van der Waals surface area contributed by atoms with Crippen LogP contribution in [-0.2, 0) is 11.3 Å². The fourth-order valence-corrected chi connectivity index (χ4v) is 2.15. The lowest BCUT2D eigenvalue weighted by molar-refractivity contribution is 0.0600. The summed E-state index contributed by atoms with van der Waals surface area (Å²) in [5.74, 6) is -0.376. The fourth-order valence-electron chi connectivity index (χ4n) is 2.15. The highest BCUT2D eigenvalue weighted by Crippen LogP contribution is 2.07. The smallest absolute Gasteiger partial charge is 0.337 e. The largest absolute Gasteiger partial charge is 0.465 e. The number of carbonyl (C=O) groups is 1. The third-order valence-electron chi connectivity index (χ3n) is 3.27. The lowest BCUT2D eigenvalue weighted by atomic mass is 10.1. The Morgan fingerprint density at radius 1 is 1.19 bits per heavy atom. The number of hydrogen-bond acceptors (Lipinski definition) is 4. The molecule has 1 aromatic carbocycles. The van der Waals surface area contributed by atoms with Crippen LogP contribution in [0.3, 0.4) is 0 Å². The average molecular weight is 283 g/mol. The van der Waals surface area contributed by atoms with E-state index in [1.807, 2.05) is 0 Å². The van der Waals surface area contributed by atoms with E-state index >= 15 is 0 Å². The molecule has 2 heterocycles. The van der Waals surface area contributed by atoms with E-state index in [-0.39, 0.29) is 11.5 Å². The molecule has 0 bridgehead atoms. The SMILES string of the molecule is COC(=O)c1ccc(Cn2ccn3nccc3c2=O)cc1. The van der Waals surface area contributed by atoms with Gasteiger partial charge >= 0.3 is 5.97 Å². The third kappa shape index (κ3) is 2.43. The molecule has 0 unspecified atom stereocenters. The van der Waals surface area contributed by atoms with E-state index in [2.05, 4.69) is 9.84 Å². The average Bonchev–Trinajstić information content (AvgIpc) is 2.99. The molecule has 2 aromatic heterocycles. The zero-order chi connectivity index (χ0) is 14.8. The molecule has 0 amide bonds. The summed E-state index contributed by atoms with van der Waals surface area (Å²) in [6.07, 6.45) is 5.02. The number of carbonyl (C=O) groups excluding carboxylic acids is 1. The molecule has 3 aromatic rings. The van der Waals surface area contributed by atoms with Crippen LogP contribution in [0.15, 0.2) is 53.7 Å². The summed E-state index contributed by atoms with van der Waals surface area (Å²) in [6.45, 7) is 0.433. The number of hydrogen-bond donors (Lipinski definition) is 0. The summed E-state index contributed by atoms with van der Waals surface area (Å²) >= 11 is 0. The van der Waals surface area contributed by atoms with Gasteiger partial charge in [0.1, 0.15) is 5.52 Å². The highest BCUT2D eigenvalue weighted by Gasteiger charge is 2.06. The van der Waals surface area contributed by atoms with Crippen LogP contribution >= 0.6 is 0 Å². The minimum atomic E-state index is -0.376. The van der Waals surface area contributed by atoms with Gasteiger partial charge in [-0.05, 0) is 23.8 Å². The summed E-state index contributed by atoms with van der Waals surface area (Å²) < 4.78 is 7.79. The number of rotatable bonds is 3. The molecule has 0 saturated carbocycles. The molecule has 0 atom stereocenters. The Morgan fingerprint density at radius 2 is 1.95 bits per heavy atom. The van der Waals surface area contributed by atoms with Gasteiger partial charge in [0.2, 0.25) is 0 Å². The van der Waals surface area contributed by atoms with Crippen LogP contribution in [0.5, 0.6) is 0 Å². The van der Waals surface area contributed by atoms with Gasteiger partial charge < -0.3 is 9.30 Å². The van der Waals surface area contributed by atoms with Crippen molar-refractivity contribution in [2.75, 3.05) is 7.11 Å². The number of ether oxygens (including phenoxy) is 1. The maximum absolute atomic E-state index is 12.2. The van der Waals surface area contributed by atoms with E-state index < -0.39 is 0 Å². The third-order valence-corrected chi connectivity index (χ3v) is 3.27. The number of fused-ring (bicyclic) bond motifs is 1. The van der Waals surface area contributed by atoms with Gasteiger partial charge in [0.05, 0.1) is 25.4 Å². The van der Waals surface area contributed by atoms with E-state index in [4.69, 9.17) is 0 Å². The first-order valence-electron chi connectivity index (χ1n) is 6.39. The van der Waals surface area contributed by atoms with Gasteiger partial charge in [-0.2, -0.15) is 5.10 Å². The first-order chi connectivity index (χ1) is 10.2. The second-order valence-electron chi connectivity index (χ2n) is 4.58. The predicted octanol–water partition coefficient (Wildman–Crippen LogP) is 1.33. The summed E-state index contributed by atoms with van der Waals surface area (Å²) in [7, 11) is 1.34. The Kier molecular flexibility index (Phi) is 3.27. The van der Waals surface area contributed by atoms with Crippen LogP contribution in [0.1, 0.15) is 15.9 Å². The Morgan fingerprint density at radius 3 is 2.67 bits per heavy atom.